The van der Waals surface area contributed by atoms with Crippen LogP contribution in [-0.2, 0) is 4.74 Å². The van der Waals surface area contributed by atoms with Crippen molar-refractivity contribution in [3.63, 3.8) is 0 Å². The van der Waals surface area contributed by atoms with E-state index in [0.717, 1.165) is 11.3 Å². The van der Waals surface area contributed by atoms with Gasteiger partial charge in [0, 0.05) is 10.7 Å². The zero-order valence-electron chi connectivity index (χ0n) is 12.3. The van der Waals surface area contributed by atoms with Crippen molar-refractivity contribution in [2.24, 2.45) is 0 Å². The molecule has 1 N–H and O–H groups in total. The van der Waals surface area contributed by atoms with Crippen LogP contribution in [0.3, 0.4) is 0 Å². The Morgan fingerprint density at radius 1 is 1.27 bits per heavy atom. The maximum absolute atomic E-state index is 12.0. The lowest BCUT2D eigenvalue weighted by molar-refractivity contribution is 0.0527. The number of nitrogens with one attached hydrogen (secondary N) is 1. The maximum atomic E-state index is 12.0. The number of rotatable bonds is 4. The number of ether oxygens (including phenoxy) is 1. The van der Waals surface area contributed by atoms with Crippen molar-refractivity contribution in [2.75, 3.05) is 11.9 Å². The molecule has 2 aromatic rings. The van der Waals surface area contributed by atoms with Gasteiger partial charge in [0.25, 0.3) is 0 Å². The largest absolute Gasteiger partial charge is 0.462 e. The molecule has 5 heteroatoms. The van der Waals surface area contributed by atoms with Gasteiger partial charge in [0.2, 0.25) is 0 Å². The van der Waals surface area contributed by atoms with Crippen molar-refractivity contribution in [3.8, 4) is 6.07 Å². The van der Waals surface area contributed by atoms with Gasteiger partial charge in [-0.1, -0.05) is 11.6 Å². The minimum atomic E-state index is -0.432. The van der Waals surface area contributed by atoms with Crippen molar-refractivity contribution >= 4 is 28.9 Å². The molecule has 2 rings (SSSR count). The van der Waals surface area contributed by atoms with Gasteiger partial charge in [-0.05, 0) is 55.8 Å². The van der Waals surface area contributed by atoms with Gasteiger partial charge in [0.05, 0.1) is 29.5 Å². The number of hydrogen-bond donors (Lipinski definition) is 1. The second-order valence-corrected chi connectivity index (χ2v) is 5.11. The summed E-state index contributed by atoms with van der Waals surface area (Å²) in [5, 5.41) is 12.6. The Kier molecular flexibility index (Phi) is 5.03. The molecule has 0 aliphatic heterocycles. The van der Waals surface area contributed by atoms with E-state index in [1.165, 1.54) is 0 Å². The molecule has 22 heavy (non-hydrogen) atoms. The van der Waals surface area contributed by atoms with Crippen LogP contribution in [0.1, 0.15) is 28.4 Å². The summed E-state index contributed by atoms with van der Waals surface area (Å²) in [6.07, 6.45) is 0. The molecule has 0 unspecified atom stereocenters. The molecular weight excluding hydrogens is 300 g/mol. The van der Waals surface area contributed by atoms with Crippen LogP contribution >= 0.6 is 11.6 Å². The second-order valence-electron chi connectivity index (χ2n) is 4.68. The molecule has 0 aliphatic carbocycles. The average molecular weight is 315 g/mol. The average Bonchev–Trinajstić information content (AvgIpc) is 2.51. The van der Waals surface area contributed by atoms with E-state index in [0.29, 0.717) is 28.4 Å². The van der Waals surface area contributed by atoms with Crippen molar-refractivity contribution in [1.82, 2.24) is 0 Å². The van der Waals surface area contributed by atoms with Gasteiger partial charge < -0.3 is 10.1 Å². The molecule has 0 saturated heterocycles. The number of anilines is 2. The highest BCUT2D eigenvalue weighted by Crippen LogP contribution is 2.27. The zero-order chi connectivity index (χ0) is 16.1. The Morgan fingerprint density at radius 3 is 2.64 bits per heavy atom. The van der Waals surface area contributed by atoms with Gasteiger partial charge in [0.1, 0.15) is 0 Å². The molecule has 112 valence electrons. The van der Waals surface area contributed by atoms with Gasteiger partial charge in [0.15, 0.2) is 0 Å². The highest BCUT2D eigenvalue weighted by molar-refractivity contribution is 6.31. The number of nitrogens with zero attached hydrogens (tertiary/aromatic N) is 1. The first kappa shape index (κ1) is 15.9. The van der Waals surface area contributed by atoms with Crippen LogP contribution in [0.4, 0.5) is 11.4 Å². The van der Waals surface area contributed by atoms with E-state index in [2.05, 4.69) is 11.4 Å². The molecular formula is C17H15ClN2O2. The highest BCUT2D eigenvalue weighted by Gasteiger charge is 2.14. The smallest absolute Gasteiger partial charge is 0.340 e. The van der Waals surface area contributed by atoms with E-state index in [-0.39, 0.29) is 0 Å². The topological polar surface area (TPSA) is 62.1 Å². The normalized spacial score (nSPS) is 9.91. The molecule has 2 aromatic carbocycles. The van der Waals surface area contributed by atoms with E-state index < -0.39 is 5.97 Å². The second kappa shape index (κ2) is 6.97. The standard InChI is InChI=1S/C17H15ClN2O2/c1-3-22-17(21)14-9-13(18)5-7-16(14)20-15-6-4-12(10-19)8-11(15)2/h4-9,20H,3H2,1-2H3. The fourth-order valence-electron chi connectivity index (χ4n) is 2.02. The van der Waals surface area contributed by atoms with Crippen LogP contribution in [0.15, 0.2) is 36.4 Å². The molecule has 4 nitrogen and oxygen atoms in total. The van der Waals surface area contributed by atoms with Gasteiger partial charge in [-0.15, -0.1) is 0 Å². The Labute approximate surface area is 134 Å². The molecule has 0 fully saturated rings. The lowest BCUT2D eigenvalue weighted by atomic mass is 10.1. The first-order chi connectivity index (χ1) is 10.5. The van der Waals surface area contributed by atoms with Gasteiger partial charge >= 0.3 is 5.97 Å². The quantitative estimate of drug-likeness (QED) is 0.847. The fraction of sp³-hybridized carbons (Fsp3) is 0.176. The summed E-state index contributed by atoms with van der Waals surface area (Å²) < 4.78 is 5.05. The minimum Gasteiger partial charge on any atom is -0.462 e. The predicted molar refractivity (Wildman–Crippen MR) is 86.6 cm³/mol. The van der Waals surface area contributed by atoms with E-state index in [4.69, 9.17) is 21.6 Å². The first-order valence-corrected chi connectivity index (χ1v) is 7.17. The Hall–Kier alpha value is -2.51. The number of benzene rings is 2. The summed E-state index contributed by atoms with van der Waals surface area (Å²) in [6.45, 7) is 3.93. The number of carbonyl (C=O) groups excluding carboxylic acids is 1. The van der Waals surface area contributed by atoms with Crippen LogP contribution in [0.25, 0.3) is 0 Å². The number of hydrogen-bond acceptors (Lipinski definition) is 4. The molecule has 0 saturated carbocycles. The van der Waals surface area contributed by atoms with E-state index in [1.54, 1.807) is 43.3 Å². The third-order valence-corrected chi connectivity index (χ3v) is 3.34. The number of nitriles is 1. The molecule has 0 amide bonds. The van der Waals surface area contributed by atoms with Crippen LogP contribution in [0, 0.1) is 18.3 Å². The Balaban J connectivity index is 2.37. The first-order valence-electron chi connectivity index (χ1n) is 6.79. The monoisotopic (exact) mass is 314 g/mol. The highest BCUT2D eigenvalue weighted by atomic mass is 35.5. The van der Waals surface area contributed by atoms with Crippen LogP contribution < -0.4 is 5.32 Å². The molecule has 0 heterocycles. The maximum Gasteiger partial charge on any atom is 0.340 e. The molecule has 0 radical (unpaired) electrons. The molecule has 0 bridgehead atoms. The van der Waals surface area contributed by atoms with Crippen molar-refractivity contribution in [1.29, 1.82) is 5.26 Å². The lowest BCUT2D eigenvalue weighted by Gasteiger charge is -2.14. The van der Waals surface area contributed by atoms with E-state index in [1.807, 2.05) is 6.92 Å². The molecule has 0 aliphatic rings. The summed E-state index contributed by atoms with van der Waals surface area (Å²) >= 11 is 5.96. The minimum absolute atomic E-state index is 0.292. The number of esters is 1. The summed E-state index contributed by atoms with van der Waals surface area (Å²) in [7, 11) is 0. The molecule has 0 atom stereocenters. The number of halogens is 1. The Morgan fingerprint density at radius 2 is 2.00 bits per heavy atom. The van der Waals surface area contributed by atoms with E-state index in [9.17, 15) is 4.79 Å². The van der Waals surface area contributed by atoms with E-state index >= 15 is 0 Å². The SMILES string of the molecule is CCOC(=O)c1cc(Cl)ccc1Nc1ccc(C#N)cc1C. The summed E-state index contributed by atoms with van der Waals surface area (Å²) in [4.78, 5) is 12.0. The third kappa shape index (κ3) is 3.57. The fourth-order valence-corrected chi connectivity index (χ4v) is 2.19. The van der Waals surface area contributed by atoms with Crippen LogP contribution in [-0.4, -0.2) is 12.6 Å². The zero-order valence-corrected chi connectivity index (χ0v) is 13.1. The van der Waals surface area contributed by atoms with Crippen molar-refractivity contribution in [2.45, 2.75) is 13.8 Å². The van der Waals surface area contributed by atoms with Gasteiger partial charge in [-0.3, -0.25) is 0 Å². The third-order valence-electron chi connectivity index (χ3n) is 3.10. The van der Waals surface area contributed by atoms with Crippen molar-refractivity contribution < 1.29 is 9.53 Å². The molecule has 0 spiro atoms. The number of carbonyl (C=O) groups is 1. The lowest BCUT2D eigenvalue weighted by Crippen LogP contribution is -2.08. The van der Waals surface area contributed by atoms with Crippen LogP contribution in [0.5, 0.6) is 0 Å². The molecule has 0 aromatic heterocycles. The summed E-state index contributed by atoms with van der Waals surface area (Å²) in [5.74, 6) is -0.432. The predicted octanol–water partition coefficient (Wildman–Crippen LogP) is 4.44. The number of aryl methyl sites for hydroxylation is 1. The van der Waals surface area contributed by atoms with Gasteiger partial charge in [-0.25, -0.2) is 4.79 Å². The Bertz CT molecular complexity index is 751. The van der Waals surface area contributed by atoms with Crippen LogP contribution in [0.2, 0.25) is 5.02 Å². The van der Waals surface area contributed by atoms with Crippen molar-refractivity contribution in [3.05, 3.63) is 58.1 Å². The van der Waals surface area contributed by atoms with Gasteiger partial charge in [-0.2, -0.15) is 5.26 Å². The summed E-state index contributed by atoms with van der Waals surface area (Å²) in [5.41, 5.74) is 3.29. The summed E-state index contributed by atoms with van der Waals surface area (Å²) in [6, 6.07) is 12.4.